The van der Waals surface area contributed by atoms with E-state index in [1.54, 1.807) is 49.4 Å². The third kappa shape index (κ3) is 3.95. The minimum atomic E-state index is -5.09. The van der Waals surface area contributed by atoms with Crippen molar-refractivity contribution in [3.8, 4) is 5.75 Å². The largest absolute Gasteiger partial charge is 0.492 e. The highest BCUT2D eigenvalue weighted by atomic mass is 32.1. The first-order chi connectivity index (χ1) is 13.2. The number of nitrogens with one attached hydrogen (secondary N) is 1. The number of halogens is 3. The lowest BCUT2D eigenvalue weighted by Gasteiger charge is -2.28. The van der Waals surface area contributed by atoms with Crippen molar-refractivity contribution in [3.63, 3.8) is 0 Å². The molecule has 0 bridgehead atoms. The third-order valence-corrected chi connectivity index (χ3v) is 5.18. The molecule has 1 heterocycles. The Balaban J connectivity index is 1.90. The van der Waals surface area contributed by atoms with E-state index >= 15 is 0 Å². The fourth-order valence-electron chi connectivity index (χ4n) is 2.62. The Bertz CT molecular complexity index is 957. The molecule has 1 unspecified atom stereocenters. The number of alkyl halides is 3. The Morgan fingerprint density at radius 1 is 1.18 bits per heavy atom. The van der Waals surface area contributed by atoms with Crippen LogP contribution in [0.2, 0.25) is 0 Å². The molecule has 1 aromatic heterocycles. The van der Waals surface area contributed by atoms with Gasteiger partial charge in [0, 0.05) is 0 Å². The Hall–Kier alpha value is -2.65. The summed E-state index contributed by atoms with van der Waals surface area (Å²) < 4.78 is 47.0. The summed E-state index contributed by atoms with van der Waals surface area (Å²) in [5.74, 6) is -0.680. The van der Waals surface area contributed by atoms with Crippen LogP contribution in [0.15, 0.2) is 48.5 Å². The summed E-state index contributed by atoms with van der Waals surface area (Å²) in [5.41, 5.74) is -2.85. The van der Waals surface area contributed by atoms with E-state index in [-0.39, 0.29) is 5.69 Å². The summed E-state index contributed by atoms with van der Waals surface area (Å²) in [4.78, 5) is 16.3. The molecule has 0 aliphatic heterocycles. The van der Waals surface area contributed by atoms with E-state index in [0.717, 1.165) is 0 Å². The van der Waals surface area contributed by atoms with Crippen LogP contribution in [0.3, 0.4) is 0 Å². The standard InChI is InChI=1S/C19H17F3N2O3S/c1-2-27-14-9-5-3-7-12(14)23-16(25)11-18(26,19(20,21)22)17-24-13-8-4-6-10-15(13)28-17/h3-10,26H,2,11H2,1H3,(H,23,25). The van der Waals surface area contributed by atoms with Crippen LogP contribution in [0, 0.1) is 0 Å². The van der Waals surface area contributed by atoms with E-state index in [1.807, 2.05) is 0 Å². The molecule has 0 spiro atoms. The van der Waals surface area contributed by atoms with Gasteiger partial charge >= 0.3 is 6.18 Å². The molecule has 0 aliphatic rings. The number of thiazole rings is 1. The van der Waals surface area contributed by atoms with Crippen LogP contribution in [0.5, 0.6) is 5.75 Å². The van der Waals surface area contributed by atoms with Crippen molar-refractivity contribution in [1.82, 2.24) is 4.98 Å². The topological polar surface area (TPSA) is 71.5 Å². The molecular formula is C19H17F3N2O3S. The van der Waals surface area contributed by atoms with Crippen molar-refractivity contribution in [2.75, 3.05) is 11.9 Å². The Morgan fingerprint density at radius 3 is 2.54 bits per heavy atom. The monoisotopic (exact) mass is 410 g/mol. The van der Waals surface area contributed by atoms with Crippen LogP contribution in [0.1, 0.15) is 18.4 Å². The number of aliphatic hydroxyl groups is 1. The smallest absolute Gasteiger partial charge is 0.424 e. The molecule has 0 saturated heterocycles. The molecule has 0 fully saturated rings. The van der Waals surface area contributed by atoms with Crippen LogP contribution in [0.4, 0.5) is 18.9 Å². The van der Waals surface area contributed by atoms with Gasteiger partial charge in [-0.15, -0.1) is 11.3 Å². The molecule has 1 amide bonds. The average Bonchev–Trinajstić information content (AvgIpc) is 3.07. The maximum absolute atomic E-state index is 13.7. The normalized spacial score (nSPS) is 13.9. The Morgan fingerprint density at radius 2 is 1.86 bits per heavy atom. The van der Waals surface area contributed by atoms with E-state index < -0.39 is 29.1 Å². The molecular weight excluding hydrogens is 393 g/mol. The second-order valence-corrected chi connectivity index (χ2v) is 7.03. The fraction of sp³-hybridized carbons (Fsp3) is 0.263. The number of fused-ring (bicyclic) bond motifs is 1. The zero-order chi connectivity index (χ0) is 20.4. The van der Waals surface area contributed by atoms with Gasteiger partial charge in [-0.05, 0) is 31.2 Å². The van der Waals surface area contributed by atoms with E-state index in [2.05, 4.69) is 10.3 Å². The predicted octanol–water partition coefficient (Wildman–Crippen LogP) is 4.47. The molecule has 2 aromatic carbocycles. The molecule has 0 saturated carbocycles. The number of rotatable bonds is 6. The van der Waals surface area contributed by atoms with Crippen LogP contribution in [0.25, 0.3) is 10.2 Å². The molecule has 3 rings (SSSR count). The Labute approximate surface area is 162 Å². The molecule has 3 aromatic rings. The van der Waals surface area contributed by atoms with Crippen molar-refractivity contribution >= 4 is 33.1 Å². The van der Waals surface area contributed by atoms with Crippen molar-refractivity contribution in [2.45, 2.75) is 25.1 Å². The molecule has 0 aliphatic carbocycles. The molecule has 28 heavy (non-hydrogen) atoms. The summed E-state index contributed by atoms with van der Waals surface area (Å²) in [6, 6.07) is 12.8. The zero-order valence-electron chi connectivity index (χ0n) is 14.8. The van der Waals surface area contributed by atoms with Gasteiger partial charge in [0.1, 0.15) is 10.8 Å². The highest BCUT2D eigenvalue weighted by Crippen LogP contribution is 2.44. The number of hydrogen-bond donors (Lipinski definition) is 2. The van der Waals surface area contributed by atoms with E-state index in [0.29, 0.717) is 33.9 Å². The zero-order valence-corrected chi connectivity index (χ0v) is 15.6. The molecule has 2 N–H and O–H groups in total. The summed E-state index contributed by atoms with van der Waals surface area (Å²) in [6.07, 6.45) is -6.31. The lowest BCUT2D eigenvalue weighted by atomic mass is 9.99. The van der Waals surface area contributed by atoms with Crippen molar-refractivity contribution in [2.24, 2.45) is 0 Å². The van der Waals surface area contributed by atoms with Crippen LogP contribution in [-0.4, -0.2) is 28.8 Å². The number of amides is 1. The van der Waals surface area contributed by atoms with E-state index in [9.17, 15) is 23.1 Å². The average molecular weight is 410 g/mol. The fourth-order valence-corrected chi connectivity index (χ4v) is 3.70. The highest BCUT2D eigenvalue weighted by molar-refractivity contribution is 7.18. The number of hydrogen-bond acceptors (Lipinski definition) is 5. The van der Waals surface area contributed by atoms with Crippen molar-refractivity contribution in [1.29, 1.82) is 0 Å². The second kappa shape index (κ2) is 7.76. The van der Waals surface area contributed by atoms with E-state index in [1.165, 1.54) is 6.07 Å². The summed E-state index contributed by atoms with van der Waals surface area (Å²) in [6.45, 7) is 2.07. The SMILES string of the molecule is CCOc1ccccc1NC(=O)CC(O)(c1nc2ccccc2s1)C(F)(F)F. The number of aromatic nitrogens is 1. The maximum atomic E-state index is 13.7. The van der Waals surface area contributed by atoms with Gasteiger partial charge in [0.25, 0.3) is 0 Å². The number of anilines is 1. The summed E-state index contributed by atoms with van der Waals surface area (Å²) in [5, 5.41) is 12.3. The van der Waals surface area contributed by atoms with Crippen LogP contribution < -0.4 is 10.1 Å². The number of para-hydroxylation sites is 3. The molecule has 0 radical (unpaired) electrons. The van der Waals surface area contributed by atoms with E-state index in [4.69, 9.17) is 4.74 Å². The number of ether oxygens (including phenoxy) is 1. The molecule has 5 nitrogen and oxygen atoms in total. The van der Waals surface area contributed by atoms with Gasteiger partial charge in [0.15, 0.2) is 0 Å². The third-order valence-electron chi connectivity index (χ3n) is 3.99. The van der Waals surface area contributed by atoms with Gasteiger partial charge in [-0.1, -0.05) is 24.3 Å². The lowest BCUT2D eigenvalue weighted by Crippen LogP contribution is -2.45. The first kappa shape index (κ1) is 20.1. The van der Waals surface area contributed by atoms with Crippen LogP contribution in [-0.2, 0) is 10.4 Å². The molecule has 9 heteroatoms. The lowest BCUT2D eigenvalue weighted by molar-refractivity contribution is -0.266. The van der Waals surface area contributed by atoms with Gasteiger partial charge in [0.05, 0.1) is 28.9 Å². The van der Waals surface area contributed by atoms with Crippen molar-refractivity contribution < 1.29 is 27.8 Å². The van der Waals surface area contributed by atoms with Gasteiger partial charge in [0.2, 0.25) is 11.5 Å². The van der Waals surface area contributed by atoms with Gasteiger partial charge in [-0.25, -0.2) is 4.98 Å². The number of carbonyl (C=O) groups excluding carboxylic acids is 1. The first-order valence-corrected chi connectivity index (χ1v) is 9.23. The number of carbonyl (C=O) groups is 1. The summed E-state index contributed by atoms with van der Waals surface area (Å²) in [7, 11) is 0. The molecule has 148 valence electrons. The highest BCUT2D eigenvalue weighted by Gasteiger charge is 2.58. The predicted molar refractivity (Wildman–Crippen MR) is 100 cm³/mol. The Kier molecular flexibility index (Phi) is 5.57. The second-order valence-electron chi connectivity index (χ2n) is 6.00. The van der Waals surface area contributed by atoms with Gasteiger partial charge in [-0.3, -0.25) is 4.79 Å². The van der Waals surface area contributed by atoms with Gasteiger partial charge < -0.3 is 15.2 Å². The van der Waals surface area contributed by atoms with Crippen LogP contribution >= 0.6 is 11.3 Å². The van der Waals surface area contributed by atoms with Crippen molar-refractivity contribution in [3.05, 3.63) is 53.5 Å². The number of benzene rings is 2. The minimum absolute atomic E-state index is 0.225. The summed E-state index contributed by atoms with van der Waals surface area (Å²) >= 11 is 0.705. The number of nitrogens with zero attached hydrogens (tertiary/aromatic N) is 1. The molecule has 1 atom stereocenters. The quantitative estimate of drug-likeness (QED) is 0.629. The first-order valence-electron chi connectivity index (χ1n) is 8.41. The maximum Gasteiger partial charge on any atom is 0.424 e. The minimum Gasteiger partial charge on any atom is -0.492 e. The van der Waals surface area contributed by atoms with Gasteiger partial charge in [-0.2, -0.15) is 13.2 Å².